The molecule has 1 fully saturated rings. The van der Waals surface area contributed by atoms with Crippen LogP contribution in [-0.4, -0.2) is 39.0 Å². The number of nitro benzene ring substituents is 1. The van der Waals surface area contributed by atoms with Gasteiger partial charge in [0, 0.05) is 17.7 Å². The van der Waals surface area contributed by atoms with E-state index in [4.69, 9.17) is 4.74 Å². The van der Waals surface area contributed by atoms with Crippen molar-refractivity contribution >= 4 is 39.6 Å². The number of rotatable bonds is 5. The van der Waals surface area contributed by atoms with E-state index in [1.807, 2.05) is 0 Å². The van der Waals surface area contributed by atoms with Gasteiger partial charge in [-0.25, -0.2) is 0 Å². The highest BCUT2D eigenvalue weighted by molar-refractivity contribution is 7.15. The zero-order chi connectivity index (χ0) is 23.0. The number of non-ortho nitro benzene ring substituents is 1. The zero-order valence-corrected chi connectivity index (χ0v) is 17.7. The summed E-state index contributed by atoms with van der Waals surface area (Å²) in [6.45, 7) is 1.70. The number of carbonyl (C=O) groups is 2. The number of ketones is 1. The number of hydrogen-bond donors (Lipinski definition) is 1. The van der Waals surface area contributed by atoms with Crippen molar-refractivity contribution in [3.8, 4) is 5.75 Å². The minimum atomic E-state index is -1.04. The molecule has 162 valence electrons. The van der Waals surface area contributed by atoms with E-state index < -0.39 is 22.7 Å². The number of amides is 1. The smallest absolute Gasteiger partial charge is 0.301 e. The molecule has 0 saturated carbocycles. The van der Waals surface area contributed by atoms with E-state index in [0.29, 0.717) is 21.9 Å². The molecule has 0 bridgehead atoms. The van der Waals surface area contributed by atoms with Crippen LogP contribution in [0.15, 0.2) is 54.1 Å². The van der Waals surface area contributed by atoms with Gasteiger partial charge in [0.05, 0.1) is 23.6 Å². The number of nitro groups is 1. The van der Waals surface area contributed by atoms with E-state index in [-0.39, 0.29) is 22.2 Å². The minimum Gasteiger partial charge on any atom is -0.507 e. The summed E-state index contributed by atoms with van der Waals surface area (Å²) in [4.78, 5) is 37.6. The molecule has 1 aliphatic rings. The average Bonchev–Trinajstić information content (AvgIpc) is 3.34. The summed E-state index contributed by atoms with van der Waals surface area (Å²) >= 11 is 1.11. The summed E-state index contributed by atoms with van der Waals surface area (Å²) in [5.41, 5.74) is 0.413. The third-order valence-corrected chi connectivity index (χ3v) is 5.79. The van der Waals surface area contributed by atoms with Gasteiger partial charge >= 0.3 is 5.91 Å². The maximum Gasteiger partial charge on any atom is 0.301 e. The first-order valence-corrected chi connectivity index (χ1v) is 10.1. The second kappa shape index (κ2) is 8.19. The molecule has 0 aliphatic carbocycles. The van der Waals surface area contributed by atoms with Crippen LogP contribution in [0.5, 0.6) is 5.75 Å². The fraction of sp³-hybridized carbons (Fsp3) is 0.143. The maximum absolute atomic E-state index is 13.0. The molecule has 1 saturated heterocycles. The molecule has 1 aromatic heterocycles. The first-order valence-electron chi connectivity index (χ1n) is 9.31. The number of aliphatic hydroxyl groups excluding tert-OH is 1. The average molecular weight is 452 g/mol. The Morgan fingerprint density at radius 3 is 2.31 bits per heavy atom. The fourth-order valence-corrected chi connectivity index (χ4v) is 4.13. The van der Waals surface area contributed by atoms with E-state index in [9.17, 15) is 24.8 Å². The third-order valence-electron chi connectivity index (χ3n) is 4.95. The molecule has 11 heteroatoms. The van der Waals surface area contributed by atoms with Gasteiger partial charge in [0.15, 0.2) is 0 Å². The molecular formula is C21H16N4O6S. The lowest BCUT2D eigenvalue weighted by atomic mass is 9.95. The fourth-order valence-electron chi connectivity index (χ4n) is 3.41. The Kier molecular flexibility index (Phi) is 5.41. The zero-order valence-electron chi connectivity index (χ0n) is 16.9. The van der Waals surface area contributed by atoms with Gasteiger partial charge in [-0.1, -0.05) is 11.3 Å². The molecule has 1 amide bonds. The van der Waals surface area contributed by atoms with Crippen molar-refractivity contribution in [1.29, 1.82) is 0 Å². The molecule has 3 aromatic rings. The molecule has 2 heterocycles. The summed E-state index contributed by atoms with van der Waals surface area (Å²) in [6, 6.07) is 10.7. The van der Waals surface area contributed by atoms with Gasteiger partial charge < -0.3 is 9.84 Å². The lowest BCUT2D eigenvalue weighted by Crippen LogP contribution is -2.29. The van der Waals surface area contributed by atoms with Crippen molar-refractivity contribution in [2.75, 3.05) is 12.0 Å². The normalized spacial score (nSPS) is 17.6. The topological polar surface area (TPSA) is 136 Å². The summed E-state index contributed by atoms with van der Waals surface area (Å²) in [5.74, 6) is -1.59. The summed E-state index contributed by atoms with van der Waals surface area (Å²) in [6.07, 6.45) is 0. The number of hydrogen-bond acceptors (Lipinski definition) is 9. The number of benzene rings is 2. The molecule has 1 atom stereocenters. The van der Waals surface area contributed by atoms with Crippen LogP contribution in [0, 0.1) is 17.0 Å². The number of aryl methyl sites for hydroxylation is 1. The largest absolute Gasteiger partial charge is 0.507 e. The number of anilines is 1. The summed E-state index contributed by atoms with van der Waals surface area (Å²) in [5, 5.41) is 30.7. The van der Waals surface area contributed by atoms with Gasteiger partial charge in [-0.15, -0.1) is 10.2 Å². The van der Waals surface area contributed by atoms with E-state index in [1.54, 1.807) is 31.2 Å². The summed E-state index contributed by atoms with van der Waals surface area (Å²) < 4.78 is 5.11. The molecule has 0 radical (unpaired) electrons. The Labute approximate surface area is 185 Å². The van der Waals surface area contributed by atoms with E-state index in [1.165, 1.54) is 31.4 Å². The van der Waals surface area contributed by atoms with Crippen LogP contribution < -0.4 is 9.64 Å². The monoisotopic (exact) mass is 452 g/mol. The van der Waals surface area contributed by atoms with Gasteiger partial charge in [-0.3, -0.25) is 24.6 Å². The van der Waals surface area contributed by atoms with Crippen molar-refractivity contribution in [3.05, 3.63) is 80.4 Å². The van der Waals surface area contributed by atoms with Crippen molar-refractivity contribution in [2.24, 2.45) is 0 Å². The van der Waals surface area contributed by atoms with Crippen LogP contribution in [0.3, 0.4) is 0 Å². The Bertz CT molecular complexity index is 1250. The molecule has 10 nitrogen and oxygen atoms in total. The highest BCUT2D eigenvalue weighted by Crippen LogP contribution is 2.43. The van der Waals surface area contributed by atoms with Crippen LogP contribution in [0.2, 0.25) is 0 Å². The van der Waals surface area contributed by atoms with Gasteiger partial charge in [0.2, 0.25) is 5.13 Å². The Morgan fingerprint density at radius 2 is 1.78 bits per heavy atom. The number of nitrogens with zero attached hydrogens (tertiary/aromatic N) is 4. The number of methoxy groups -OCH3 is 1. The van der Waals surface area contributed by atoms with Crippen molar-refractivity contribution in [3.63, 3.8) is 0 Å². The number of ether oxygens (including phenoxy) is 1. The first-order chi connectivity index (χ1) is 15.3. The highest BCUT2D eigenvalue weighted by Gasteiger charge is 2.48. The van der Waals surface area contributed by atoms with Crippen molar-refractivity contribution in [2.45, 2.75) is 13.0 Å². The van der Waals surface area contributed by atoms with Crippen LogP contribution in [0.25, 0.3) is 5.76 Å². The first kappa shape index (κ1) is 21.1. The molecule has 4 rings (SSSR count). The maximum atomic E-state index is 13.0. The predicted molar refractivity (Wildman–Crippen MR) is 116 cm³/mol. The van der Waals surface area contributed by atoms with Gasteiger partial charge in [-0.05, 0) is 48.9 Å². The molecule has 2 aromatic carbocycles. The Balaban J connectivity index is 1.90. The standard InChI is InChI=1S/C21H16N4O6S/c1-11-22-23-21(32-11)24-17(12-3-7-14(8-4-12)25(29)30)16(19(27)20(24)28)18(26)13-5-9-15(31-2)10-6-13/h3-10,17,26H,1-2H3/b18-16-. The third kappa shape index (κ3) is 3.58. The number of aromatic nitrogens is 2. The second-order valence-corrected chi connectivity index (χ2v) is 8.01. The molecule has 1 unspecified atom stereocenters. The van der Waals surface area contributed by atoms with Crippen LogP contribution >= 0.6 is 11.3 Å². The molecular weight excluding hydrogens is 436 g/mol. The quantitative estimate of drug-likeness (QED) is 0.205. The molecule has 1 aliphatic heterocycles. The second-order valence-electron chi connectivity index (χ2n) is 6.85. The molecule has 32 heavy (non-hydrogen) atoms. The van der Waals surface area contributed by atoms with Crippen molar-refractivity contribution < 1.29 is 24.4 Å². The summed E-state index contributed by atoms with van der Waals surface area (Å²) in [7, 11) is 1.50. The Morgan fingerprint density at radius 1 is 1.12 bits per heavy atom. The SMILES string of the molecule is COc1ccc(/C(O)=C2/C(=O)C(=O)N(c3nnc(C)s3)C2c2ccc([N+](=O)[O-])cc2)cc1. The van der Waals surface area contributed by atoms with E-state index in [2.05, 4.69) is 10.2 Å². The van der Waals surface area contributed by atoms with Gasteiger partial charge in [0.1, 0.15) is 16.5 Å². The molecule has 1 N–H and O–H groups in total. The van der Waals surface area contributed by atoms with Crippen LogP contribution in [0.4, 0.5) is 10.8 Å². The van der Waals surface area contributed by atoms with E-state index >= 15 is 0 Å². The van der Waals surface area contributed by atoms with Gasteiger partial charge in [-0.2, -0.15) is 0 Å². The van der Waals surface area contributed by atoms with Crippen LogP contribution in [-0.2, 0) is 9.59 Å². The van der Waals surface area contributed by atoms with Crippen LogP contribution in [0.1, 0.15) is 22.2 Å². The Hall–Kier alpha value is -4.12. The lowest BCUT2D eigenvalue weighted by Gasteiger charge is -2.22. The number of Topliss-reactive ketones (excluding diaryl/α,β-unsaturated/α-hetero) is 1. The molecule has 0 spiro atoms. The van der Waals surface area contributed by atoms with Gasteiger partial charge in [0.25, 0.3) is 11.5 Å². The highest BCUT2D eigenvalue weighted by atomic mass is 32.1. The minimum absolute atomic E-state index is 0.146. The number of carbonyl (C=O) groups excluding carboxylic acids is 2. The van der Waals surface area contributed by atoms with Crippen molar-refractivity contribution in [1.82, 2.24) is 10.2 Å². The lowest BCUT2D eigenvalue weighted by molar-refractivity contribution is -0.384. The number of aliphatic hydroxyl groups is 1. The van der Waals surface area contributed by atoms with E-state index in [0.717, 1.165) is 16.2 Å². The predicted octanol–water partition coefficient (Wildman–Crippen LogP) is 3.39.